The van der Waals surface area contributed by atoms with Gasteiger partial charge in [0.25, 0.3) is 0 Å². The van der Waals surface area contributed by atoms with Gasteiger partial charge in [-0.3, -0.25) is 4.79 Å². The second-order valence-electron chi connectivity index (χ2n) is 8.50. The zero-order chi connectivity index (χ0) is 17.3. The van der Waals surface area contributed by atoms with Gasteiger partial charge in [0, 0.05) is 6.42 Å². The maximum atomic E-state index is 11.5. The second-order valence-corrected chi connectivity index (χ2v) is 8.50. The lowest BCUT2D eigenvalue weighted by atomic mass is 9.47. The fraction of sp³-hybridized carbons (Fsp3) is 0.762. The summed E-state index contributed by atoms with van der Waals surface area (Å²) in [6.45, 7) is 13.9. The van der Waals surface area contributed by atoms with Gasteiger partial charge in [0.05, 0.1) is 7.11 Å². The highest BCUT2D eigenvalue weighted by atomic mass is 16.5. The van der Waals surface area contributed by atoms with Gasteiger partial charge in [-0.1, -0.05) is 46.4 Å². The van der Waals surface area contributed by atoms with E-state index in [0.29, 0.717) is 23.7 Å². The first-order chi connectivity index (χ1) is 10.7. The Morgan fingerprint density at radius 1 is 1.48 bits per heavy atom. The van der Waals surface area contributed by atoms with Gasteiger partial charge in [-0.25, -0.2) is 0 Å². The monoisotopic (exact) mass is 318 g/mol. The third kappa shape index (κ3) is 3.41. The van der Waals surface area contributed by atoms with Crippen LogP contribution < -0.4 is 0 Å². The van der Waals surface area contributed by atoms with Gasteiger partial charge in [-0.05, 0) is 66.3 Å². The fourth-order valence-corrected chi connectivity index (χ4v) is 4.99. The average molecular weight is 319 g/mol. The van der Waals surface area contributed by atoms with Crippen molar-refractivity contribution in [1.29, 1.82) is 0 Å². The molecule has 0 bridgehead atoms. The minimum Gasteiger partial charge on any atom is -0.469 e. The highest BCUT2D eigenvalue weighted by molar-refractivity contribution is 5.69. The molecule has 0 amide bonds. The number of hydrogen-bond donors (Lipinski definition) is 0. The normalized spacial score (nSPS) is 38.0. The van der Waals surface area contributed by atoms with Gasteiger partial charge in [0.15, 0.2) is 0 Å². The summed E-state index contributed by atoms with van der Waals surface area (Å²) in [6, 6.07) is 0. The molecule has 0 heterocycles. The molecule has 1 fully saturated rings. The van der Waals surface area contributed by atoms with Crippen molar-refractivity contribution in [3.05, 3.63) is 24.3 Å². The van der Waals surface area contributed by atoms with Crippen LogP contribution in [0.1, 0.15) is 66.2 Å². The molecular weight excluding hydrogens is 284 g/mol. The number of carbonyl (C=O) groups is 1. The first-order valence-corrected chi connectivity index (χ1v) is 9.16. The summed E-state index contributed by atoms with van der Waals surface area (Å²) in [7, 11) is 1.48. The van der Waals surface area contributed by atoms with E-state index in [-0.39, 0.29) is 11.4 Å². The van der Waals surface area contributed by atoms with E-state index in [1.807, 2.05) is 0 Å². The lowest BCUT2D eigenvalue weighted by Crippen LogP contribution is -2.49. The number of carbonyl (C=O) groups excluding carboxylic acids is 1. The molecule has 0 spiro atoms. The van der Waals surface area contributed by atoms with Crippen molar-refractivity contribution in [2.24, 2.45) is 28.6 Å². The van der Waals surface area contributed by atoms with E-state index in [1.165, 1.54) is 38.4 Å². The highest BCUT2D eigenvalue weighted by Gasteiger charge is 2.52. The van der Waals surface area contributed by atoms with Gasteiger partial charge in [0.1, 0.15) is 0 Å². The van der Waals surface area contributed by atoms with Crippen molar-refractivity contribution in [2.75, 3.05) is 7.11 Å². The quantitative estimate of drug-likeness (QED) is 0.622. The summed E-state index contributed by atoms with van der Waals surface area (Å²) in [5, 5.41) is 0. The van der Waals surface area contributed by atoms with Gasteiger partial charge in [-0.2, -0.15) is 0 Å². The summed E-state index contributed by atoms with van der Waals surface area (Å²) in [4.78, 5) is 11.5. The van der Waals surface area contributed by atoms with Crippen molar-refractivity contribution >= 4 is 5.97 Å². The van der Waals surface area contributed by atoms with E-state index in [2.05, 4.69) is 46.4 Å². The van der Waals surface area contributed by atoms with Crippen molar-refractivity contribution < 1.29 is 9.53 Å². The molecule has 1 saturated carbocycles. The van der Waals surface area contributed by atoms with E-state index < -0.39 is 0 Å². The van der Waals surface area contributed by atoms with Gasteiger partial charge < -0.3 is 4.74 Å². The van der Waals surface area contributed by atoms with Crippen LogP contribution in [0.4, 0.5) is 0 Å². The molecule has 5 atom stereocenters. The maximum absolute atomic E-state index is 11.5. The first kappa shape index (κ1) is 18.3. The molecule has 0 saturated heterocycles. The third-order valence-electron chi connectivity index (χ3n) is 7.13. The topological polar surface area (TPSA) is 26.3 Å². The second kappa shape index (κ2) is 6.83. The van der Waals surface area contributed by atoms with Crippen molar-refractivity contribution in [3.63, 3.8) is 0 Å². The molecule has 2 aliphatic carbocycles. The molecule has 23 heavy (non-hydrogen) atoms. The Kier molecular flexibility index (Phi) is 5.43. The summed E-state index contributed by atoms with van der Waals surface area (Å²) < 4.78 is 4.82. The molecule has 130 valence electrons. The number of fused-ring (bicyclic) bond motifs is 1. The lowest BCUT2D eigenvalue weighted by Gasteiger charge is -2.57. The minimum absolute atomic E-state index is 0.0850. The van der Waals surface area contributed by atoms with Gasteiger partial charge in [0.2, 0.25) is 0 Å². The van der Waals surface area contributed by atoms with Crippen LogP contribution in [0.3, 0.4) is 0 Å². The summed E-state index contributed by atoms with van der Waals surface area (Å²) in [5.74, 6) is 1.70. The lowest BCUT2D eigenvalue weighted by molar-refractivity contribution is -0.141. The Bertz CT molecular complexity index is 492. The highest BCUT2D eigenvalue weighted by Crippen LogP contribution is 2.61. The Balaban J connectivity index is 2.12. The molecule has 0 aromatic carbocycles. The standard InChI is InChI=1S/C21H34O2/c1-15(14-19(22)23-6)10-12-20(4)17(3)11-13-21(5)16(2)8-7-9-18(20)21/h7-8,15,17-18H,2,9-14H2,1,3-6H3/t15-,17-,18-,20+,21+/m1/s1. The smallest absolute Gasteiger partial charge is 0.305 e. The zero-order valence-corrected chi connectivity index (χ0v) is 15.7. The van der Waals surface area contributed by atoms with E-state index >= 15 is 0 Å². The minimum atomic E-state index is -0.0850. The largest absolute Gasteiger partial charge is 0.469 e. The Labute approximate surface area is 142 Å². The van der Waals surface area contributed by atoms with Crippen LogP contribution in [-0.4, -0.2) is 13.1 Å². The van der Waals surface area contributed by atoms with Crippen LogP contribution in [0.15, 0.2) is 24.3 Å². The van der Waals surface area contributed by atoms with E-state index in [0.717, 1.165) is 12.3 Å². The van der Waals surface area contributed by atoms with Gasteiger partial charge in [-0.15, -0.1) is 0 Å². The zero-order valence-electron chi connectivity index (χ0n) is 15.7. The van der Waals surface area contributed by atoms with Crippen LogP contribution in [0, 0.1) is 28.6 Å². The molecule has 2 rings (SSSR count). The Morgan fingerprint density at radius 2 is 2.17 bits per heavy atom. The first-order valence-electron chi connectivity index (χ1n) is 9.16. The molecule has 0 aromatic heterocycles. The number of rotatable bonds is 5. The van der Waals surface area contributed by atoms with Crippen LogP contribution in [-0.2, 0) is 9.53 Å². The predicted octanol–water partition coefficient (Wildman–Crippen LogP) is 5.54. The molecule has 0 N–H and O–H groups in total. The molecule has 2 nitrogen and oxygen atoms in total. The van der Waals surface area contributed by atoms with Crippen molar-refractivity contribution in [1.82, 2.24) is 0 Å². The van der Waals surface area contributed by atoms with Gasteiger partial charge >= 0.3 is 5.97 Å². The van der Waals surface area contributed by atoms with Crippen LogP contribution in [0.5, 0.6) is 0 Å². The van der Waals surface area contributed by atoms with E-state index in [1.54, 1.807) is 0 Å². The maximum Gasteiger partial charge on any atom is 0.305 e. The van der Waals surface area contributed by atoms with Crippen molar-refractivity contribution in [2.45, 2.75) is 66.2 Å². The number of hydrogen-bond acceptors (Lipinski definition) is 2. The molecule has 2 aliphatic rings. The number of ether oxygens (including phenoxy) is 1. The summed E-state index contributed by atoms with van der Waals surface area (Å²) in [5.41, 5.74) is 1.89. The summed E-state index contributed by atoms with van der Waals surface area (Å²) >= 11 is 0. The predicted molar refractivity (Wildman–Crippen MR) is 96.0 cm³/mol. The molecule has 0 radical (unpaired) electrons. The summed E-state index contributed by atoms with van der Waals surface area (Å²) in [6.07, 6.45) is 11.1. The van der Waals surface area contributed by atoms with E-state index in [9.17, 15) is 4.79 Å². The van der Waals surface area contributed by atoms with Crippen LogP contribution >= 0.6 is 0 Å². The molecule has 0 unspecified atom stereocenters. The Morgan fingerprint density at radius 3 is 2.83 bits per heavy atom. The third-order valence-corrected chi connectivity index (χ3v) is 7.13. The molecule has 2 heteroatoms. The van der Waals surface area contributed by atoms with Crippen LogP contribution in [0.25, 0.3) is 0 Å². The molecular formula is C21H34O2. The van der Waals surface area contributed by atoms with Crippen molar-refractivity contribution in [3.8, 4) is 0 Å². The number of esters is 1. The number of methoxy groups -OCH3 is 1. The number of allylic oxidation sites excluding steroid dienone is 3. The fourth-order valence-electron chi connectivity index (χ4n) is 4.99. The average Bonchev–Trinajstić information content (AvgIpc) is 2.52. The van der Waals surface area contributed by atoms with E-state index in [4.69, 9.17) is 4.74 Å². The molecule has 0 aromatic rings. The SMILES string of the molecule is C=C1C=CC[C@@H]2[C@@](C)(CC[C@@H](C)CC(=O)OC)[C@H](C)CC[C@@]12C. The molecule has 0 aliphatic heterocycles. The van der Waals surface area contributed by atoms with Crippen LogP contribution in [0.2, 0.25) is 0 Å². The Hall–Kier alpha value is -1.05.